The fraction of sp³-hybridized carbons (Fsp3) is 0.933. The second kappa shape index (κ2) is 10.6. The van der Waals surface area contributed by atoms with Gasteiger partial charge in [0, 0.05) is 12.5 Å². The Morgan fingerprint density at radius 2 is 1.61 bits per heavy atom. The molecule has 0 aromatic carbocycles. The van der Waals surface area contributed by atoms with Crippen LogP contribution in [0.1, 0.15) is 105 Å². The van der Waals surface area contributed by atoms with Crippen LogP contribution in [0.25, 0.3) is 0 Å². The zero-order valence-corrected chi connectivity index (χ0v) is 23.2. The molecule has 6 heteroatoms. The molecule has 6 nitrogen and oxygen atoms in total. The molecule has 4 rings (SSSR count). The first kappa shape index (κ1) is 27.9. The van der Waals surface area contributed by atoms with Crippen LogP contribution in [0.2, 0.25) is 0 Å². The summed E-state index contributed by atoms with van der Waals surface area (Å²) < 4.78 is 0. The van der Waals surface area contributed by atoms with Crippen molar-refractivity contribution in [3.8, 4) is 0 Å². The molecular weight excluding hydrogens is 454 g/mol. The molecule has 0 saturated heterocycles. The monoisotopic (exact) mass is 505 g/mol. The maximum atomic E-state index is 12.7. The second-order valence-corrected chi connectivity index (χ2v) is 14.0. The number of hydrogen-bond donors (Lipinski definition) is 4. The number of hydrogen-bond acceptors (Lipinski definition) is 4. The minimum Gasteiger partial charge on any atom is -0.481 e. The Bertz CT molecular complexity index is 815. The van der Waals surface area contributed by atoms with Crippen molar-refractivity contribution in [3.05, 3.63) is 0 Å². The van der Waals surface area contributed by atoms with Gasteiger partial charge >= 0.3 is 5.97 Å². The van der Waals surface area contributed by atoms with Crippen molar-refractivity contribution in [2.75, 3.05) is 0 Å². The van der Waals surface area contributed by atoms with Gasteiger partial charge in [0.1, 0.15) is 0 Å². The summed E-state index contributed by atoms with van der Waals surface area (Å²) in [6.07, 6.45) is 9.18. The van der Waals surface area contributed by atoms with Crippen LogP contribution in [0.15, 0.2) is 0 Å². The van der Waals surface area contributed by atoms with Gasteiger partial charge in [-0.3, -0.25) is 9.59 Å². The fourth-order valence-corrected chi connectivity index (χ4v) is 9.66. The van der Waals surface area contributed by atoms with Gasteiger partial charge in [-0.15, -0.1) is 0 Å². The lowest BCUT2D eigenvalue weighted by atomic mass is 9.43. The number of carbonyl (C=O) groups is 2. The Morgan fingerprint density at radius 1 is 0.944 bits per heavy atom. The first-order valence-corrected chi connectivity index (χ1v) is 14.7. The Morgan fingerprint density at radius 3 is 2.28 bits per heavy atom. The number of carboxylic acid groups (broad SMARTS) is 1. The van der Waals surface area contributed by atoms with Gasteiger partial charge in [-0.25, -0.2) is 0 Å². The Kier molecular flexibility index (Phi) is 8.17. The average Bonchev–Trinajstić information content (AvgIpc) is 3.15. The molecule has 4 fully saturated rings. The summed E-state index contributed by atoms with van der Waals surface area (Å²) in [6.45, 7) is 11.1. The minimum atomic E-state index is -0.877. The fourth-order valence-electron chi connectivity index (χ4n) is 9.66. The van der Waals surface area contributed by atoms with Crippen molar-refractivity contribution in [2.45, 2.75) is 123 Å². The van der Waals surface area contributed by atoms with Crippen molar-refractivity contribution in [3.63, 3.8) is 0 Å². The number of amides is 1. The molecule has 4 N–H and O–H groups in total. The summed E-state index contributed by atoms with van der Waals surface area (Å²) in [7, 11) is 0. The van der Waals surface area contributed by atoms with Crippen molar-refractivity contribution in [1.29, 1.82) is 0 Å². The molecule has 4 aliphatic carbocycles. The molecule has 7 unspecified atom stereocenters. The van der Waals surface area contributed by atoms with E-state index in [4.69, 9.17) is 5.11 Å². The SMILES string of the molecule is CC(C)C(CC(=O)O)NC(=O)CCC(C)C1CCC2C3C(O)C[C@@H]4C[C@H](O)CC[C@]4(C)C3CC[C@]12C. The molecule has 206 valence electrons. The van der Waals surface area contributed by atoms with Crippen LogP contribution in [0.4, 0.5) is 0 Å². The summed E-state index contributed by atoms with van der Waals surface area (Å²) in [5, 5.41) is 33.8. The van der Waals surface area contributed by atoms with Crippen molar-refractivity contribution >= 4 is 11.9 Å². The van der Waals surface area contributed by atoms with Crippen LogP contribution in [0, 0.1) is 52.3 Å². The summed E-state index contributed by atoms with van der Waals surface area (Å²) in [5.41, 5.74) is 0.453. The number of carbonyl (C=O) groups excluding carboxylic acids is 1. The van der Waals surface area contributed by atoms with Gasteiger partial charge in [-0.05, 0) is 110 Å². The molecule has 36 heavy (non-hydrogen) atoms. The molecule has 0 radical (unpaired) electrons. The van der Waals surface area contributed by atoms with E-state index in [1.807, 2.05) is 13.8 Å². The lowest BCUT2D eigenvalue weighted by molar-refractivity contribution is -0.174. The standard InChI is InChI=1S/C30H51NO5/c1-17(2)24(16-27(35)36)31-26(34)9-6-18(3)21-7-8-22-28-23(11-13-30(21,22)5)29(4)12-10-20(32)14-19(29)15-25(28)33/h17-25,28,32-33H,6-16H2,1-5H3,(H,31,34)(H,35,36)/t18?,19-,20+,21?,22?,23?,24?,25?,28?,29-,30+/m0/s1. The van der Waals surface area contributed by atoms with Crippen molar-refractivity contribution in [2.24, 2.45) is 52.3 Å². The molecular formula is C30H51NO5. The molecule has 1 amide bonds. The molecule has 11 atom stereocenters. The quantitative estimate of drug-likeness (QED) is 0.371. The third-order valence-electron chi connectivity index (χ3n) is 11.8. The topological polar surface area (TPSA) is 107 Å². The normalized spacial score (nSPS) is 43.7. The summed E-state index contributed by atoms with van der Waals surface area (Å²) in [4.78, 5) is 23.8. The molecule has 0 bridgehead atoms. The molecule has 0 spiro atoms. The van der Waals surface area contributed by atoms with Crippen molar-refractivity contribution < 1.29 is 24.9 Å². The smallest absolute Gasteiger partial charge is 0.305 e. The van der Waals surface area contributed by atoms with Crippen LogP contribution < -0.4 is 5.32 Å². The highest BCUT2D eigenvalue weighted by Crippen LogP contribution is 2.68. The van der Waals surface area contributed by atoms with Gasteiger partial charge in [-0.1, -0.05) is 34.6 Å². The number of nitrogens with one attached hydrogen (secondary N) is 1. The van der Waals surface area contributed by atoms with E-state index in [2.05, 4.69) is 26.1 Å². The molecule has 4 aliphatic rings. The van der Waals surface area contributed by atoms with E-state index in [9.17, 15) is 19.8 Å². The summed E-state index contributed by atoms with van der Waals surface area (Å²) >= 11 is 0. The van der Waals surface area contributed by atoms with Crippen LogP contribution in [0.5, 0.6) is 0 Å². The number of aliphatic hydroxyl groups is 2. The predicted octanol–water partition coefficient (Wildman–Crippen LogP) is 5.01. The largest absolute Gasteiger partial charge is 0.481 e. The first-order chi connectivity index (χ1) is 16.9. The predicted molar refractivity (Wildman–Crippen MR) is 140 cm³/mol. The lowest BCUT2D eigenvalue weighted by Crippen LogP contribution is -2.58. The van der Waals surface area contributed by atoms with E-state index in [1.54, 1.807) is 0 Å². The van der Waals surface area contributed by atoms with Crippen LogP contribution in [-0.2, 0) is 9.59 Å². The van der Waals surface area contributed by atoms with Crippen LogP contribution in [0.3, 0.4) is 0 Å². The van der Waals surface area contributed by atoms with Crippen molar-refractivity contribution in [1.82, 2.24) is 5.32 Å². The molecule has 0 aliphatic heterocycles. The van der Waals surface area contributed by atoms with E-state index in [1.165, 1.54) is 25.7 Å². The highest BCUT2D eigenvalue weighted by molar-refractivity contribution is 5.77. The Balaban J connectivity index is 1.39. The second-order valence-electron chi connectivity index (χ2n) is 14.0. The maximum absolute atomic E-state index is 12.7. The van der Waals surface area contributed by atoms with Crippen LogP contribution in [-0.4, -0.2) is 45.4 Å². The number of aliphatic hydroxyl groups excluding tert-OH is 2. The van der Waals surface area contributed by atoms with E-state index in [0.29, 0.717) is 41.9 Å². The average molecular weight is 506 g/mol. The Labute approximate surface area is 218 Å². The number of fused-ring (bicyclic) bond motifs is 5. The van der Waals surface area contributed by atoms with E-state index in [0.717, 1.165) is 32.1 Å². The third kappa shape index (κ3) is 5.10. The zero-order chi connectivity index (χ0) is 26.4. The van der Waals surface area contributed by atoms with Gasteiger partial charge in [0.15, 0.2) is 0 Å². The summed E-state index contributed by atoms with van der Waals surface area (Å²) in [6, 6.07) is -0.326. The summed E-state index contributed by atoms with van der Waals surface area (Å²) in [5.74, 6) is 2.05. The van der Waals surface area contributed by atoms with Gasteiger partial charge in [0.25, 0.3) is 0 Å². The highest BCUT2D eigenvalue weighted by atomic mass is 16.4. The van der Waals surface area contributed by atoms with Gasteiger partial charge < -0.3 is 20.6 Å². The first-order valence-electron chi connectivity index (χ1n) is 14.7. The lowest BCUT2D eigenvalue weighted by Gasteiger charge is -2.62. The van der Waals surface area contributed by atoms with Crippen LogP contribution >= 0.6 is 0 Å². The molecule has 0 aromatic heterocycles. The van der Waals surface area contributed by atoms with E-state index < -0.39 is 5.97 Å². The highest BCUT2D eigenvalue weighted by Gasteiger charge is 2.62. The number of aliphatic carboxylic acids is 1. The van der Waals surface area contributed by atoms with E-state index in [-0.39, 0.29) is 47.3 Å². The molecule has 4 saturated carbocycles. The van der Waals surface area contributed by atoms with Gasteiger partial charge in [0.2, 0.25) is 5.91 Å². The number of carboxylic acids is 1. The maximum Gasteiger partial charge on any atom is 0.305 e. The van der Waals surface area contributed by atoms with Gasteiger partial charge in [0.05, 0.1) is 18.6 Å². The third-order valence-corrected chi connectivity index (χ3v) is 11.8. The van der Waals surface area contributed by atoms with Gasteiger partial charge in [-0.2, -0.15) is 0 Å². The minimum absolute atomic E-state index is 0.0358. The number of rotatable bonds is 8. The Hall–Kier alpha value is -1.14. The zero-order valence-electron chi connectivity index (χ0n) is 23.2. The molecule has 0 aromatic rings. The van der Waals surface area contributed by atoms with E-state index >= 15 is 0 Å². The molecule has 0 heterocycles.